The number of esters is 1. The molecule has 3 rings (SSSR count). The molecule has 0 N–H and O–H groups in total. The first kappa shape index (κ1) is 14.5. The summed E-state index contributed by atoms with van der Waals surface area (Å²) in [5.41, 5.74) is 0. The fourth-order valence-electron chi connectivity index (χ4n) is 2.06. The van der Waals surface area contributed by atoms with Gasteiger partial charge in [-0.2, -0.15) is 0 Å². The van der Waals surface area contributed by atoms with Gasteiger partial charge in [-0.3, -0.25) is 0 Å². The number of benzene rings is 2. The quantitative estimate of drug-likeness (QED) is 0.514. The van der Waals surface area contributed by atoms with Crippen LogP contribution < -0.4 is 0 Å². The standard InChI is InChI=1S/C17H14O2SSe/c1-2-19-17(18)16-15(20-12-8-4-3-5-9-12)13-10-6-7-11-14(13)21-16/h3-11H,2H2,1H3. The van der Waals surface area contributed by atoms with E-state index in [0.29, 0.717) is 6.61 Å². The second-order valence-corrected chi connectivity index (χ2v) is 7.68. The Labute approximate surface area is 133 Å². The Morgan fingerprint density at radius 2 is 1.81 bits per heavy atom. The van der Waals surface area contributed by atoms with Crippen molar-refractivity contribution in [3.05, 3.63) is 59.0 Å². The molecule has 106 valence electrons. The maximum absolute atomic E-state index is 12.2. The van der Waals surface area contributed by atoms with Gasteiger partial charge >= 0.3 is 134 Å². The van der Waals surface area contributed by atoms with Gasteiger partial charge in [-0.25, -0.2) is 0 Å². The molecule has 0 aliphatic heterocycles. The molecule has 0 aliphatic rings. The molecular formula is C17H14O2SSe. The molecule has 0 aliphatic carbocycles. The Morgan fingerprint density at radius 1 is 1.10 bits per heavy atom. The monoisotopic (exact) mass is 362 g/mol. The first-order chi connectivity index (χ1) is 10.3. The SMILES string of the molecule is CCOC(=O)c1[se]c2ccccc2c1Sc1ccccc1. The van der Waals surface area contributed by atoms with Crippen molar-refractivity contribution < 1.29 is 9.53 Å². The van der Waals surface area contributed by atoms with Gasteiger partial charge in [0, 0.05) is 0 Å². The predicted octanol–water partition coefficient (Wildman–Crippen LogP) is 4.22. The molecule has 0 unspecified atom stereocenters. The molecule has 0 bridgehead atoms. The molecule has 0 amide bonds. The van der Waals surface area contributed by atoms with Gasteiger partial charge in [0.25, 0.3) is 0 Å². The van der Waals surface area contributed by atoms with Crippen molar-refractivity contribution in [3.63, 3.8) is 0 Å². The summed E-state index contributed by atoms with van der Waals surface area (Å²) < 4.78 is 7.32. The van der Waals surface area contributed by atoms with Crippen LogP contribution in [0, 0.1) is 0 Å². The fraction of sp³-hybridized carbons (Fsp3) is 0.118. The van der Waals surface area contributed by atoms with Crippen molar-refractivity contribution >= 4 is 41.9 Å². The summed E-state index contributed by atoms with van der Waals surface area (Å²) in [6.45, 7) is 2.26. The summed E-state index contributed by atoms with van der Waals surface area (Å²) >= 11 is 1.68. The van der Waals surface area contributed by atoms with E-state index in [9.17, 15) is 4.79 Å². The van der Waals surface area contributed by atoms with E-state index in [2.05, 4.69) is 24.3 Å². The number of fused-ring (bicyclic) bond motifs is 1. The number of rotatable bonds is 4. The fourth-order valence-corrected chi connectivity index (χ4v) is 5.76. The van der Waals surface area contributed by atoms with Crippen LogP contribution in [0.25, 0.3) is 9.65 Å². The van der Waals surface area contributed by atoms with E-state index in [1.165, 1.54) is 9.65 Å². The molecule has 0 radical (unpaired) electrons. The van der Waals surface area contributed by atoms with Crippen LogP contribution in [0.1, 0.15) is 16.2 Å². The topological polar surface area (TPSA) is 26.3 Å². The number of carbonyl (C=O) groups is 1. The van der Waals surface area contributed by atoms with Crippen LogP contribution in [0.4, 0.5) is 0 Å². The summed E-state index contributed by atoms with van der Waals surface area (Å²) in [7, 11) is 0. The maximum atomic E-state index is 12.2. The van der Waals surface area contributed by atoms with Gasteiger partial charge in [0.2, 0.25) is 0 Å². The van der Waals surface area contributed by atoms with Crippen LogP contribution in [-0.2, 0) is 4.74 Å². The van der Waals surface area contributed by atoms with E-state index in [1.807, 2.05) is 37.3 Å². The Hall–Kier alpha value is -1.48. The van der Waals surface area contributed by atoms with E-state index < -0.39 is 0 Å². The van der Waals surface area contributed by atoms with Crippen LogP contribution in [0.15, 0.2) is 64.4 Å². The van der Waals surface area contributed by atoms with Crippen LogP contribution >= 0.6 is 11.8 Å². The van der Waals surface area contributed by atoms with Crippen molar-refractivity contribution in [3.8, 4) is 0 Å². The van der Waals surface area contributed by atoms with Gasteiger partial charge in [0.1, 0.15) is 0 Å². The Bertz CT molecular complexity index is 765. The third kappa shape index (κ3) is 3.08. The zero-order valence-corrected chi connectivity index (χ0v) is 14.1. The number of ether oxygens (including phenoxy) is 1. The number of hydrogen-bond donors (Lipinski definition) is 0. The minimum atomic E-state index is -0.174. The van der Waals surface area contributed by atoms with Gasteiger partial charge in [-0.1, -0.05) is 0 Å². The zero-order chi connectivity index (χ0) is 14.7. The van der Waals surface area contributed by atoms with E-state index in [0.717, 1.165) is 14.2 Å². The summed E-state index contributed by atoms with van der Waals surface area (Å²) in [5.74, 6) is -0.174. The van der Waals surface area contributed by atoms with Crippen LogP contribution in [0.5, 0.6) is 0 Å². The molecule has 21 heavy (non-hydrogen) atoms. The van der Waals surface area contributed by atoms with Crippen molar-refractivity contribution in [2.45, 2.75) is 16.7 Å². The van der Waals surface area contributed by atoms with Crippen molar-refractivity contribution in [2.75, 3.05) is 6.61 Å². The summed E-state index contributed by atoms with van der Waals surface area (Å²) in [5, 5.41) is 1.18. The van der Waals surface area contributed by atoms with E-state index in [1.54, 1.807) is 11.8 Å². The van der Waals surface area contributed by atoms with Gasteiger partial charge in [-0.05, 0) is 0 Å². The summed E-state index contributed by atoms with van der Waals surface area (Å²) in [4.78, 5) is 14.4. The molecule has 2 nitrogen and oxygen atoms in total. The first-order valence-corrected chi connectivity index (χ1v) is 9.24. The summed E-state index contributed by atoms with van der Waals surface area (Å²) in [6, 6.07) is 18.4. The molecule has 0 saturated heterocycles. The van der Waals surface area contributed by atoms with Crippen LogP contribution in [-0.4, -0.2) is 27.1 Å². The molecule has 0 atom stereocenters. The Kier molecular flexibility index (Phi) is 4.49. The molecular weight excluding hydrogens is 347 g/mol. The average Bonchev–Trinajstić information content (AvgIpc) is 2.88. The number of carbonyl (C=O) groups excluding carboxylic acids is 1. The third-order valence-electron chi connectivity index (χ3n) is 2.97. The van der Waals surface area contributed by atoms with Crippen molar-refractivity contribution in [2.24, 2.45) is 0 Å². The third-order valence-corrected chi connectivity index (χ3v) is 6.82. The van der Waals surface area contributed by atoms with E-state index >= 15 is 0 Å². The van der Waals surface area contributed by atoms with Crippen molar-refractivity contribution in [1.29, 1.82) is 0 Å². The van der Waals surface area contributed by atoms with Crippen LogP contribution in [0.2, 0.25) is 0 Å². The van der Waals surface area contributed by atoms with Gasteiger partial charge < -0.3 is 0 Å². The second-order valence-electron chi connectivity index (χ2n) is 4.39. The molecule has 4 heteroatoms. The average molecular weight is 361 g/mol. The minimum absolute atomic E-state index is 0.0277. The van der Waals surface area contributed by atoms with Crippen LogP contribution in [0.3, 0.4) is 0 Å². The van der Waals surface area contributed by atoms with Gasteiger partial charge in [-0.15, -0.1) is 0 Å². The normalized spacial score (nSPS) is 10.7. The molecule has 1 heterocycles. The predicted molar refractivity (Wildman–Crippen MR) is 87.4 cm³/mol. The molecule has 3 aromatic rings. The van der Waals surface area contributed by atoms with Gasteiger partial charge in [0.05, 0.1) is 0 Å². The summed E-state index contributed by atoms with van der Waals surface area (Å²) in [6.07, 6.45) is 0. The Morgan fingerprint density at radius 3 is 2.57 bits per heavy atom. The Balaban J connectivity index is 2.09. The van der Waals surface area contributed by atoms with Crippen molar-refractivity contribution in [1.82, 2.24) is 0 Å². The zero-order valence-electron chi connectivity index (χ0n) is 11.5. The molecule has 0 saturated carbocycles. The first-order valence-electron chi connectivity index (χ1n) is 6.71. The van der Waals surface area contributed by atoms with Gasteiger partial charge in [0.15, 0.2) is 0 Å². The van der Waals surface area contributed by atoms with E-state index in [-0.39, 0.29) is 20.5 Å². The molecule has 2 aromatic carbocycles. The molecule has 0 spiro atoms. The second kappa shape index (κ2) is 6.52. The molecule has 0 fully saturated rings. The van der Waals surface area contributed by atoms with E-state index in [4.69, 9.17) is 4.74 Å². The molecule has 1 aromatic heterocycles. The number of hydrogen-bond acceptors (Lipinski definition) is 3.